The van der Waals surface area contributed by atoms with Gasteiger partial charge >= 0.3 is 12.0 Å². The number of hydrogen-bond acceptors (Lipinski definition) is 2. The fourth-order valence-electron chi connectivity index (χ4n) is 2.72. The number of aliphatic carboxylic acids is 1. The Bertz CT molecular complexity index is 342. The van der Waals surface area contributed by atoms with Gasteiger partial charge in [0.1, 0.15) is 0 Å². The SMILES string of the molecule is CC1CCCC(NC(=O)NC(C)(C)CC(=O)O)C1C. The molecule has 3 atom stereocenters. The summed E-state index contributed by atoms with van der Waals surface area (Å²) in [4.78, 5) is 22.7. The Hall–Kier alpha value is -1.26. The minimum atomic E-state index is -0.912. The molecular weight excluding hydrogens is 244 g/mol. The summed E-state index contributed by atoms with van der Waals surface area (Å²) in [6, 6.07) is -0.0819. The van der Waals surface area contributed by atoms with Crippen molar-refractivity contribution in [1.82, 2.24) is 10.6 Å². The van der Waals surface area contributed by atoms with Crippen molar-refractivity contribution in [3.8, 4) is 0 Å². The Kier molecular flexibility index (Phi) is 5.20. The third-order valence-electron chi connectivity index (χ3n) is 4.07. The Balaban J connectivity index is 2.48. The van der Waals surface area contributed by atoms with Gasteiger partial charge in [0, 0.05) is 11.6 Å². The number of hydrogen-bond donors (Lipinski definition) is 3. The number of urea groups is 1. The summed E-state index contributed by atoms with van der Waals surface area (Å²) in [5, 5.41) is 14.5. The van der Waals surface area contributed by atoms with E-state index in [1.165, 1.54) is 6.42 Å². The number of carboxylic acids is 1. The van der Waals surface area contributed by atoms with Gasteiger partial charge in [0.25, 0.3) is 0 Å². The number of carbonyl (C=O) groups is 2. The molecule has 0 aromatic rings. The monoisotopic (exact) mass is 270 g/mol. The first-order valence-electron chi connectivity index (χ1n) is 7.02. The molecule has 2 amide bonds. The molecule has 5 nitrogen and oxygen atoms in total. The summed E-state index contributed by atoms with van der Waals surface area (Å²) in [7, 11) is 0. The second kappa shape index (κ2) is 6.26. The Morgan fingerprint density at radius 2 is 1.89 bits per heavy atom. The standard InChI is InChI=1S/C14H26N2O3/c1-9-6-5-7-11(10(9)2)15-13(19)16-14(3,4)8-12(17)18/h9-11H,5-8H2,1-4H3,(H,17,18)(H2,15,16,19). The summed E-state index contributed by atoms with van der Waals surface area (Å²) in [5.74, 6) is 0.165. The van der Waals surface area contributed by atoms with E-state index in [0.29, 0.717) is 11.8 Å². The minimum Gasteiger partial charge on any atom is -0.481 e. The summed E-state index contributed by atoms with van der Waals surface area (Å²) < 4.78 is 0. The molecule has 0 radical (unpaired) electrons. The summed E-state index contributed by atoms with van der Waals surface area (Å²) in [5.41, 5.74) is -0.737. The first-order chi connectivity index (χ1) is 8.71. The molecule has 1 aliphatic carbocycles. The molecule has 110 valence electrons. The number of amides is 2. The molecule has 1 saturated carbocycles. The maximum atomic E-state index is 11.9. The lowest BCUT2D eigenvalue weighted by Gasteiger charge is -2.35. The highest BCUT2D eigenvalue weighted by Gasteiger charge is 2.30. The van der Waals surface area contributed by atoms with E-state index >= 15 is 0 Å². The second-order valence-corrected chi connectivity index (χ2v) is 6.43. The van der Waals surface area contributed by atoms with Crippen molar-refractivity contribution in [2.24, 2.45) is 11.8 Å². The topological polar surface area (TPSA) is 78.4 Å². The molecule has 0 aromatic carbocycles. The lowest BCUT2D eigenvalue weighted by molar-refractivity contribution is -0.138. The number of rotatable bonds is 4. The summed E-state index contributed by atoms with van der Waals surface area (Å²) >= 11 is 0. The van der Waals surface area contributed by atoms with Crippen LogP contribution in [0.4, 0.5) is 4.79 Å². The second-order valence-electron chi connectivity index (χ2n) is 6.43. The van der Waals surface area contributed by atoms with E-state index in [4.69, 9.17) is 5.11 Å². The van der Waals surface area contributed by atoms with Gasteiger partial charge in [-0.3, -0.25) is 4.79 Å². The van der Waals surface area contributed by atoms with E-state index in [1.807, 2.05) is 0 Å². The molecular formula is C14H26N2O3. The van der Waals surface area contributed by atoms with Crippen LogP contribution in [-0.2, 0) is 4.79 Å². The normalized spacial score (nSPS) is 27.7. The van der Waals surface area contributed by atoms with E-state index in [-0.39, 0.29) is 18.5 Å². The van der Waals surface area contributed by atoms with Crippen molar-refractivity contribution in [1.29, 1.82) is 0 Å². The highest BCUT2D eigenvalue weighted by atomic mass is 16.4. The highest BCUT2D eigenvalue weighted by molar-refractivity contribution is 5.76. The van der Waals surface area contributed by atoms with Crippen LogP contribution in [0.5, 0.6) is 0 Å². The van der Waals surface area contributed by atoms with Gasteiger partial charge in [-0.2, -0.15) is 0 Å². The predicted molar refractivity (Wildman–Crippen MR) is 74.0 cm³/mol. The predicted octanol–water partition coefficient (Wildman–Crippen LogP) is 2.36. The van der Waals surface area contributed by atoms with Crippen LogP contribution in [0.3, 0.4) is 0 Å². The Labute approximate surface area is 115 Å². The van der Waals surface area contributed by atoms with Crippen molar-refractivity contribution < 1.29 is 14.7 Å². The first kappa shape index (κ1) is 15.8. The Morgan fingerprint density at radius 3 is 2.47 bits per heavy atom. The zero-order valence-corrected chi connectivity index (χ0v) is 12.3. The largest absolute Gasteiger partial charge is 0.481 e. The zero-order valence-electron chi connectivity index (χ0n) is 12.3. The van der Waals surface area contributed by atoms with Crippen LogP contribution < -0.4 is 10.6 Å². The maximum absolute atomic E-state index is 11.9. The van der Waals surface area contributed by atoms with Gasteiger partial charge in [0.05, 0.1) is 6.42 Å². The van der Waals surface area contributed by atoms with Crippen molar-refractivity contribution in [2.75, 3.05) is 0 Å². The summed E-state index contributed by atoms with van der Waals surface area (Å²) in [6.07, 6.45) is 3.26. The van der Waals surface area contributed by atoms with Crippen molar-refractivity contribution in [3.05, 3.63) is 0 Å². The summed E-state index contributed by atoms with van der Waals surface area (Å²) in [6.45, 7) is 7.81. The fourth-order valence-corrected chi connectivity index (χ4v) is 2.72. The van der Waals surface area contributed by atoms with Crippen LogP contribution in [-0.4, -0.2) is 28.7 Å². The van der Waals surface area contributed by atoms with Gasteiger partial charge in [-0.1, -0.05) is 26.7 Å². The average molecular weight is 270 g/mol. The van der Waals surface area contributed by atoms with Gasteiger partial charge in [-0.05, 0) is 32.1 Å². The van der Waals surface area contributed by atoms with E-state index in [9.17, 15) is 9.59 Å². The smallest absolute Gasteiger partial charge is 0.315 e. The molecule has 1 rings (SSSR count). The lowest BCUT2D eigenvalue weighted by atomic mass is 9.78. The van der Waals surface area contributed by atoms with Crippen LogP contribution >= 0.6 is 0 Å². The number of carboxylic acid groups (broad SMARTS) is 1. The van der Waals surface area contributed by atoms with Crippen molar-refractivity contribution in [2.45, 2.75) is 65.0 Å². The fraction of sp³-hybridized carbons (Fsp3) is 0.857. The molecule has 5 heteroatoms. The molecule has 0 saturated heterocycles. The average Bonchev–Trinajstić information content (AvgIpc) is 2.21. The van der Waals surface area contributed by atoms with Crippen LogP contribution in [0.1, 0.15) is 53.4 Å². The van der Waals surface area contributed by atoms with E-state index in [2.05, 4.69) is 24.5 Å². The third-order valence-corrected chi connectivity index (χ3v) is 4.07. The van der Waals surface area contributed by atoms with Crippen LogP contribution in [0.15, 0.2) is 0 Å². The molecule has 3 N–H and O–H groups in total. The third kappa shape index (κ3) is 5.09. The van der Waals surface area contributed by atoms with E-state index in [0.717, 1.165) is 12.8 Å². The van der Waals surface area contributed by atoms with E-state index in [1.54, 1.807) is 13.8 Å². The molecule has 1 fully saturated rings. The van der Waals surface area contributed by atoms with Gasteiger partial charge in [-0.15, -0.1) is 0 Å². The molecule has 3 unspecified atom stereocenters. The van der Waals surface area contributed by atoms with Crippen LogP contribution in [0.2, 0.25) is 0 Å². The Morgan fingerprint density at radius 1 is 1.26 bits per heavy atom. The molecule has 0 aliphatic heterocycles. The van der Waals surface area contributed by atoms with Gasteiger partial charge < -0.3 is 15.7 Å². The molecule has 0 bridgehead atoms. The molecule has 0 aromatic heterocycles. The minimum absolute atomic E-state index is 0.0863. The lowest BCUT2D eigenvalue weighted by Crippen LogP contribution is -2.54. The van der Waals surface area contributed by atoms with Gasteiger partial charge in [-0.25, -0.2) is 4.79 Å². The van der Waals surface area contributed by atoms with Crippen LogP contribution in [0.25, 0.3) is 0 Å². The van der Waals surface area contributed by atoms with Gasteiger partial charge in [0.15, 0.2) is 0 Å². The molecule has 0 heterocycles. The van der Waals surface area contributed by atoms with Crippen LogP contribution in [0, 0.1) is 11.8 Å². The number of nitrogens with one attached hydrogen (secondary N) is 2. The van der Waals surface area contributed by atoms with Gasteiger partial charge in [0.2, 0.25) is 0 Å². The molecule has 19 heavy (non-hydrogen) atoms. The van der Waals surface area contributed by atoms with Crippen molar-refractivity contribution in [3.63, 3.8) is 0 Å². The quantitative estimate of drug-likeness (QED) is 0.733. The highest BCUT2D eigenvalue weighted by Crippen LogP contribution is 2.29. The zero-order chi connectivity index (χ0) is 14.6. The van der Waals surface area contributed by atoms with Crippen molar-refractivity contribution >= 4 is 12.0 Å². The first-order valence-corrected chi connectivity index (χ1v) is 7.02. The molecule has 0 spiro atoms. The maximum Gasteiger partial charge on any atom is 0.315 e. The van der Waals surface area contributed by atoms with E-state index < -0.39 is 11.5 Å². The molecule has 1 aliphatic rings. The number of carbonyl (C=O) groups excluding carboxylic acids is 1.